The first-order valence-corrected chi connectivity index (χ1v) is 8.09. The Morgan fingerprint density at radius 2 is 1.57 bits per heavy atom. The molecule has 2 saturated heterocycles. The molecule has 0 atom stereocenters. The number of hydrogen-bond donors (Lipinski definition) is 0. The lowest BCUT2D eigenvalue weighted by Gasteiger charge is -2.42. The third-order valence-electron chi connectivity index (χ3n) is 4.48. The van der Waals surface area contributed by atoms with Crippen LogP contribution in [-0.4, -0.2) is 78.6 Å². The van der Waals surface area contributed by atoms with E-state index in [0.717, 1.165) is 52.1 Å². The summed E-state index contributed by atoms with van der Waals surface area (Å²) in [7, 11) is 0. The minimum absolute atomic E-state index is 0.186. The van der Waals surface area contributed by atoms with E-state index < -0.39 is 0 Å². The third kappa shape index (κ3) is 4.09. The summed E-state index contributed by atoms with van der Waals surface area (Å²) >= 11 is 0. The van der Waals surface area contributed by atoms with E-state index in [1.807, 2.05) is 18.7 Å². The van der Waals surface area contributed by atoms with Gasteiger partial charge in [0.25, 0.3) is 0 Å². The molecule has 0 N–H and O–H groups in total. The Bertz CT molecular complexity index is 359. The maximum Gasteiger partial charge on any atom is 0.409 e. The molecular weight excluding hydrogens is 270 g/mol. The smallest absolute Gasteiger partial charge is 0.409 e. The van der Waals surface area contributed by atoms with Crippen molar-refractivity contribution in [2.24, 2.45) is 0 Å². The summed E-state index contributed by atoms with van der Waals surface area (Å²) in [6, 6.07) is 0.537. The van der Waals surface area contributed by atoms with Crippen LogP contribution in [0.15, 0.2) is 0 Å². The van der Waals surface area contributed by atoms with Gasteiger partial charge in [-0.3, -0.25) is 9.69 Å². The monoisotopic (exact) mass is 297 g/mol. The largest absolute Gasteiger partial charge is 0.450 e. The van der Waals surface area contributed by atoms with Crippen molar-refractivity contribution in [1.82, 2.24) is 14.7 Å². The zero-order valence-corrected chi connectivity index (χ0v) is 13.2. The minimum atomic E-state index is -0.186. The van der Waals surface area contributed by atoms with Crippen LogP contribution in [0, 0.1) is 0 Å². The molecule has 0 saturated carbocycles. The van der Waals surface area contributed by atoms with E-state index in [2.05, 4.69) is 4.90 Å². The molecule has 2 fully saturated rings. The molecule has 120 valence electrons. The van der Waals surface area contributed by atoms with Crippen molar-refractivity contribution in [3.8, 4) is 0 Å². The van der Waals surface area contributed by atoms with Crippen molar-refractivity contribution >= 4 is 12.0 Å². The van der Waals surface area contributed by atoms with Gasteiger partial charge in [-0.05, 0) is 19.8 Å². The van der Waals surface area contributed by atoms with Crippen LogP contribution in [0.2, 0.25) is 0 Å². The maximum atomic E-state index is 11.7. The second kappa shape index (κ2) is 7.64. The lowest BCUT2D eigenvalue weighted by Crippen LogP contribution is -2.54. The summed E-state index contributed by atoms with van der Waals surface area (Å²) in [6.07, 6.45) is 2.41. The van der Waals surface area contributed by atoms with E-state index in [1.54, 1.807) is 4.90 Å². The number of nitrogens with zero attached hydrogens (tertiary/aromatic N) is 3. The zero-order chi connectivity index (χ0) is 15.2. The number of likely N-dealkylation sites (tertiary alicyclic amines) is 1. The molecule has 0 aromatic heterocycles. The molecule has 2 heterocycles. The summed E-state index contributed by atoms with van der Waals surface area (Å²) in [5, 5.41) is 0. The average Bonchev–Trinajstić information content (AvgIpc) is 2.54. The molecule has 0 aromatic rings. The fourth-order valence-electron chi connectivity index (χ4n) is 3.19. The molecule has 2 aliphatic heterocycles. The minimum Gasteiger partial charge on any atom is -0.450 e. The van der Waals surface area contributed by atoms with E-state index in [9.17, 15) is 9.59 Å². The molecule has 0 radical (unpaired) electrons. The Kier molecular flexibility index (Phi) is 5.85. The van der Waals surface area contributed by atoms with Gasteiger partial charge in [0.05, 0.1) is 6.61 Å². The first-order valence-electron chi connectivity index (χ1n) is 8.09. The van der Waals surface area contributed by atoms with Gasteiger partial charge in [0.15, 0.2) is 0 Å². The van der Waals surface area contributed by atoms with Crippen molar-refractivity contribution in [3.05, 3.63) is 0 Å². The average molecular weight is 297 g/mol. The molecule has 2 aliphatic rings. The summed E-state index contributed by atoms with van der Waals surface area (Å²) in [5.41, 5.74) is 0. The van der Waals surface area contributed by atoms with Crippen molar-refractivity contribution in [1.29, 1.82) is 0 Å². The van der Waals surface area contributed by atoms with Gasteiger partial charge < -0.3 is 14.5 Å². The highest BCUT2D eigenvalue weighted by molar-refractivity contribution is 5.75. The third-order valence-corrected chi connectivity index (χ3v) is 4.48. The van der Waals surface area contributed by atoms with Gasteiger partial charge in [0, 0.05) is 51.7 Å². The fourth-order valence-corrected chi connectivity index (χ4v) is 3.19. The summed E-state index contributed by atoms with van der Waals surface area (Å²) < 4.78 is 5.04. The number of piperidine rings is 1. The van der Waals surface area contributed by atoms with Crippen LogP contribution in [-0.2, 0) is 9.53 Å². The van der Waals surface area contributed by atoms with E-state index in [-0.39, 0.29) is 12.0 Å². The zero-order valence-electron chi connectivity index (χ0n) is 13.2. The molecule has 6 heteroatoms. The first kappa shape index (κ1) is 16.1. The summed E-state index contributed by atoms with van der Waals surface area (Å²) in [6.45, 7) is 9.32. The number of hydrogen-bond acceptors (Lipinski definition) is 4. The van der Waals surface area contributed by atoms with Crippen LogP contribution >= 0.6 is 0 Å². The molecule has 2 amide bonds. The Balaban J connectivity index is 1.74. The maximum absolute atomic E-state index is 11.7. The molecule has 0 bridgehead atoms. The molecule has 0 spiro atoms. The first-order chi connectivity index (χ1) is 10.2. The highest BCUT2D eigenvalue weighted by atomic mass is 16.6. The van der Waals surface area contributed by atoms with Crippen LogP contribution < -0.4 is 0 Å². The Morgan fingerprint density at radius 3 is 2.10 bits per heavy atom. The lowest BCUT2D eigenvalue weighted by molar-refractivity contribution is -0.133. The van der Waals surface area contributed by atoms with Gasteiger partial charge in [-0.2, -0.15) is 0 Å². The van der Waals surface area contributed by atoms with Gasteiger partial charge in [0.2, 0.25) is 5.91 Å². The van der Waals surface area contributed by atoms with Gasteiger partial charge in [-0.1, -0.05) is 6.92 Å². The highest BCUT2D eigenvalue weighted by Crippen LogP contribution is 2.19. The highest BCUT2D eigenvalue weighted by Gasteiger charge is 2.30. The van der Waals surface area contributed by atoms with Crippen LogP contribution in [0.3, 0.4) is 0 Å². The number of carbonyl (C=O) groups excluding carboxylic acids is 2. The Hall–Kier alpha value is -1.30. The van der Waals surface area contributed by atoms with Crippen LogP contribution in [0.1, 0.15) is 33.1 Å². The summed E-state index contributed by atoms with van der Waals surface area (Å²) in [4.78, 5) is 29.6. The van der Waals surface area contributed by atoms with Gasteiger partial charge in [-0.25, -0.2) is 4.79 Å². The van der Waals surface area contributed by atoms with E-state index >= 15 is 0 Å². The molecule has 2 rings (SSSR count). The Labute approximate surface area is 127 Å². The quantitative estimate of drug-likeness (QED) is 0.784. The van der Waals surface area contributed by atoms with Gasteiger partial charge >= 0.3 is 6.09 Å². The summed E-state index contributed by atoms with van der Waals surface area (Å²) in [5.74, 6) is 0.256. The molecule has 0 aliphatic carbocycles. The predicted molar refractivity (Wildman–Crippen MR) is 80.1 cm³/mol. The van der Waals surface area contributed by atoms with E-state index in [4.69, 9.17) is 4.74 Å². The molecular formula is C15H27N3O3. The van der Waals surface area contributed by atoms with E-state index in [1.165, 1.54) is 0 Å². The van der Waals surface area contributed by atoms with Crippen molar-refractivity contribution in [2.75, 3.05) is 45.9 Å². The van der Waals surface area contributed by atoms with Crippen molar-refractivity contribution < 1.29 is 14.3 Å². The van der Waals surface area contributed by atoms with Crippen molar-refractivity contribution in [3.63, 3.8) is 0 Å². The lowest BCUT2D eigenvalue weighted by atomic mass is 10.0. The Morgan fingerprint density at radius 1 is 0.952 bits per heavy atom. The second-order valence-electron chi connectivity index (χ2n) is 5.69. The SMILES string of the molecule is CCOC(=O)N1CCC(N2CCN(C(=O)CC)CC2)CC1. The molecule has 6 nitrogen and oxygen atoms in total. The van der Waals surface area contributed by atoms with Gasteiger partial charge in [-0.15, -0.1) is 0 Å². The van der Waals surface area contributed by atoms with E-state index in [0.29, 0.717) is 19.1 Å². The van der Waals surface area contributed by atoms with Gasteiger partial charge in [0.1, 0.15) is 0 Å². The topological polar surface area (TPSA) is 53.1 Å². The molecule has 0 unspecified atom stereocenters. The van der Waals surface area contributed by atoms with Crippen LogP contribution in [0.5, 0.6) is 0 Å². The number of amides is 2. The molecule has 21 heavy (non-hydrogen) atoms. The fraction of sp³-hybridized carbons (Fsp3) is 0.867. The number of piperazine rings is 1. The number of carbonyl (C=O) groups is 2. The molecule has 0 aromatic carbocycles. The van der Waals surface area contributed by atoms with Crippen LogP contribution in [0.25, 0.3) is 0 Å². The standard InChI is InChI=1S/C15H27N3O3/c1-3-14(19)17-11-9-16(10-12-17)13-5-7-18(8-6-13)15(20)21-4-2/h13H,3-12H2,1-2H3. The second-order valence-corrected chi connectivity index (χ2v) is 5.69. The number of rotatable bonds is 3. The van der Waals surface area contributed by atoms with Crippen molar-refractivity contribution in [2.45, 2.75) is 39.2 Å². The van der Waals surface area contributed by atoms with Crippen LogP contribution in [0.4, 0.5) is 4.79 Å². The number of ether oxygens (including phenoxy) is 1. The predicted octanol–water partition coefficient (Wildman–Crippen LogP) is 1.16. The normalized spacial score (nSPS) is 21.4.